The van der Waals surface area contributed by atoms with Gasteiger partial charge in [0, 0.05) is 18.5 Å². The molecule has 0 amide bonds. The summed E-state index contributed by atoms with van der Waals surface area (Å²) in [5.74, 6) is -0.256. The van der Waals surface area contributed by atoms with Crippen LogP contribution in [0.3, 0.4) is 0 Å². The van der Waals surface area contributed by atoms with E-state index in [4.69, 9.17) is 16.7 Å². The molecule has 0 radical (unpaired) electrons. The van der Waals surface area contributed by atoms with E-state index >= 15 is 0 Å². The monoisotopic (exact) mass is 219 g/mol. The van der Waals surface area contributed by atoms with Crippen LogP contribution in [0, 0.1) is 5.92 Å². The molecule has 0 spiro atoms. The first kappa shape index (κ1) is 13.5. The first-order chi connectivity index (χ1) is 6.66. The molecule has 14 heavy (non-hydrogen) atoms. The van der Waals surface area contributed by atoms with Crippen LogP contribution in [0.15, 0.2) is 11.6 Å². The smallest absolute Gasteiger partial charge is 0.303 e. The molecule has 0 aromatic carbocycles. The van der Waals surface area contributed by atoms with Crippen molar-refractivity contribution in [2.75, 3.05) is 13.1 Å². The minimum atomic E-state index is -0.713. The molecule has 0 aliphatic heterocycles. The van der Waals surface area contributed by atoms with Crippen LogP contribution in [-0.2, 0) is 4.79 Å². The fraction of sp³-hybridized carbons (Fsp3) is 0.700. The molecule has 1 unspecified atom stereocenters. The summed E-state index contributed by atoms with van der Waals surface area (Å²) in [6, 6.07) is 0. The SMILES string of the molecule is CC(CCNCC=CCl)CCC(=O)O. The highest BCUT2D eigenvalue weighted by Gasteiger charge is 2.04. The molecule has 1 atom stereocenters. The van der Waals surface area contributed by atoms with Crippen molar-refractivity contribution in [2.24, 2.45) is 5.92 Å². The number of carbonyl (C=O) groups is 1. The fourth-order valence-corrected chi connectivity index (χ4v) is 1.18. The molecule has 2 N–H and O–H groups in total. The van der Waals surface area contributed by atoms with Crippen molar-refractivity contribution >= 4 is 17.6 Å². The lowest BCUT2D eigenvalue weighted by molar-refractivity contribution is -0.137. The van der Waals surface area contributed by atoms with Crippen LogP contribution in [0.25, 0.3) is 0 Å². The van der Waals surface area contributed by atoms with E-state index in [1.165, 1.54) is 5.54 Å². The maximum absolute atomic E-state index is 10.3. The van der Waals surface area contributed by atoms with Gasteiger partial charge in [0.1, 0.15) is 0 Å². The second-order valence-corrected chi connectivity index (χ2v) is 3.64. The number of carboxylic acid groups (broad SMARTS) is 1. The molecule has 0 heterocycles. The maximum Gasteiger partial charge on any atom is 0.303 e. The molecule has 0 aliphatic carbocycles. The topological polar surface area (TPSA) is 49.3 Å². The molecule has 3 nitrogen and oxygen atoms in total. The van der Waals surface area contributed by atoms with Crippen molar-refractivity contribution in [1.82, 2.24) is 5.32 Å². The highest BCUT2D eigenvalue weighted by molar-refractivity contribution is 6.25. The Morgan fingerprint density at radius 3 is 2.86 bits per heavy atom. The number of halogens is 1. The molecule has 0 bridgehead atoms. The minimum absolute atomic E-state index is 0.267. The first-order valence-electron chi connectivity index (χ1n) is 4.84. The molecule has 0 aromatic heterocycles. The molecule has 0 saturated carbocycles. The van der Waals surface area contributed by atoms with Gasteiger partial charge in [-0.2, -0.15) is 0 Å². The Morgan fingerprint density at radius 1 is 1.57 bits per heavy atom. The largest absolute Gasteiger partial charge is 0.481 e. The van der Waals surface area contributed by atoms with Crippen LogP contribution in [-0.4, -0.2) is 24.2 Å². The number of hydrogen-bond acceptors (Lipinski definition) is 2. The summed E-state index contributed by atoms with van der Waals surface area (Å²) in [6.45, 7) is 3.75. The van der Waals surface area contributed by atoms with Crippen molar-refractivity contribution in [3.8, 4) is 0 Å². The Kier molecular flexibility index (Phi) is 8.68. The lowest BCUT2D eigenvalue weighted by atomic mass is 10.0. The summed E-state index contributed by atoms with van der Waals surface area (Å²) in [5, 5.41) is 11.7. The van der Waals surface area contributed by atoms with Crippen LogP contribution >= 0.6 is 11.6 Å². The summed E-state index contributed by atoms with van der Waals surface area (Å²) < 4.78 is 0. The van der Waals surface area contributed by atoms with Gasteiger partial charge in [0.2, 0.25) is 0 Å². The van der Waals surface area contributed by atoms with Gasteiger partial charge in [0.15, 0.2) is 0 Å². The summed E-state index contributed by atoms with van der Waals surface area (Å²) in [6.07, 6.45) is 3.86. The Labute approximate surface area is 90.1 Å². The quantitative estimate of drug-likeness (QED) is 0.616. The van der Waals surface area contributed by atoms with Crippen LogP contribution in [0.2, 0.25) is 0 Å². The summed E-state index contributed by atoms with van der Waals surface area (Å²) in [7, 11) is 0. The van der Waals surface area contributed by atoms with Crippen molar-refractivity contribution in [2.45, 2.75) is 26.2 Å². The number of nitrogens with one attached hydrogen (secondary N) is 1. The number of aliphatic carboxylic acids is 1. The second-order valence-electron chi connectivity index (χ2n) is 3.39. The minimum Gasteiger partial charge on any atom is -0.481 e. The molecular weight excluding hydrogens is 202 g/mol. The van der Waals surface area contributed by atoms with E-state index in [1.807, 2.05) is 6.08 Å². The van der Waals surface area contributed by atoms with Crippen LogP contribution in [0.1, 0.15) is 26.2 Å². The Hall–Kier alpha value is -0.540. The van der Waals surface area contributed by atoms with Crippen molar-refractivity contribution < 1.29 is 9.90 Å². The van der Waals surface area contributed by atoms with Gasteiger partial charge < -0.3 is 10.4 Å². The zero-order valence-corrected chi connectivity index (χ0v) is 9.26. The van der Waals surface area contributed by atoms with Crippen LogP contribution in [0.4, 0.5) is 0 Å². The molecule has 0 rings (SSSR count). The fourth-order valence-electron chi connectivity index (χ4n) is 1.09. The molecule has 0 saturated heterocycles. The Bertz CT molecular complexity index is 183. The molecule has 0 fully saturated rings. The lowest BCUT2D eigenvalue weighted by Crippen LogP contribution is -2.17. The third kappa shape index (κ3) is 9.55. The van der Waals surface area contributed by atoms with E-state index in [0.29, 0.717) is 5.92 Å². The van der Waals surface area contributed by atoms with Gasteiger partial charge in [-0.15, -0.1) is 0 Å². The van der Waals surface area contributed by atoms with E-state index < -0.39 is 5.97 Å². The average Bonchev–Trinajstić information content (AvgIpc) is 2.14. The molecule has 0 aliphatic rings. The van der Waals surface area contributed by atoms with Gasteiger partial charge in [0.05, 0.1) is 0 Å². The predicted molar refractivity (Wildman–Crippen MR) is 58.5 cm³/mol. The van der Waals surface area contributed by atoms with Gasteiger partial charge in [-0.1, -0.05) is 24.6 Å². The first-order valence-corrected chi connectivity index (χ1v) is 5.28. The molecule has 4 heteroatoms. The Balaban J connectivity index is 3.26. The summed E-state index contributed by atoms with van der Waals surface area (Å²) in [4.78, 5) is 10.3. The average molecular weight is 220 g/mol. The molecule has 82 valence electrons. The third-order valence-corrected chi connectivity index (χ3v) is 2.19. The standard InChI is InChI=1S/C10H18ClNO2/c1-9(3-4-10(13)14)5-8-12-7-2-6-11/h2,6,9,12H,3-5,7-8H2,1H3,(H,13,14). The number of hydrogen-bond donors (Lipinski definition) is 2. The van der Waals surface area contributed by atoms with Crippen molar-refractivity contribution in [3.05, 3.63) is 11.6 Å². The highest BCUT2D eigenvalue weighted by Crippen LogP contribution is 2.08. The number of rotatable bonds is 8. The maximum atomic E-state index is 10.3. The number of carboxylic acids is 1. The highest BCUT2D eigenvalue weighted by atomic mass is 35.5. The van der Waals surface area contributed by atoms with Gasteiger partial charge in [-0.05, 0) is 25.3 Å². The van der Waals surface area contributed by atoms with E-state index in [2.05, 4.69) is 12.2 Å². The summed E-state index contributed by atoms with van der Waals surface area (Å²) >= 11 is 5.34. The van der Waals surface area contributed by atoms with Crippen LogP contribution < -0.4 is 5.32 Å². The zero-order valence-electron chi connectivity index (χ0n) is 8.50. The van der Waals surface area contributed by atoms with E-state index in [9.17, 15) is 4.79 Å². The van der Waals surface area contributed by atoms with Crippen molar-refractivity contribution in [3.63, 3.8) is 0 Å². The predicted octanol–water partition coefficient (Wildman–Crippen LogP) is 2.22. The third-order valence-electron chi connectivity index (χ3n) is 2.02. The van der Waals surface area contributed by atoms with Gasteiger partial charge in [0.25, 0.3) is 0 Å². The van der Waals surface area contributed by atoms with E-state index in [1.54, 1.807) is 0 Å². The lowest BCUT2D eigenvalue weighted by Gasteiger charge is -2.09. The van der Waals surface area contributed by atoms with Gasteiger partial charge in [-0.3, -0.25) is 4.79 Å². The Morgan fingerprint density at radius 2 is 2.29 bits per heavy atom. The second kappa shape index (κ2) is 9.03. The van der Waals surface area contributed by atoms with E-state index in [0.717, 1.165) is 25.9 Å². The molecular formula is C10H18ClNO2. The van der Waals surface area contributed by atoms with Crippen LogP contribution in [0.5, 0.6) is 0 Å². The van der Waals surface area contributed by atoms with Crippen molar-refractivity contribution in [1.29, 1.82) is 0 Å². The van der Waals surface area contributed by atoms with Gasteiger partial charge >= 0.3 is 5.97 Å². The summed E-state index contributed by atoms with van der Waals surface area (Å²) in [5.41, 5.74) is 1.49. The van der Waals surface area contributed by atoms with E-state index in [-0.39, 0.29) is 6.42 Å². The normalized spacial score (nSPS) is 13.3. The van der Waals surface area contributed by atoms with Gasteiger partial charge in [-0.25, -0.2) is 0 Å². The zero-order chi connectivity index (χ0) is 10.8. The molecule has 0 aromatic rings.